The van der Waals surface area contributed by atoms with Crippen LogP contribution in [0.25, 0.3) is 0 Å². The Hall–Kier alpha value is -0.626. The highest BCUT2D eigenvalue weighted by molar-refractivity contribution is 6.74. The highest BCUT2D eigenvalue weighted by atomic mass is 28.4. The number of aliphatic hydroxyl groups excluding tert-OH is 1. The van der Waals surface area contributed by atoms with Gasteiger partial charge >= 0.3 is 5.97 Å². The van der Waals surface area contributed by atoms with E-state index >= 15 is 0 Å². The van der Waals surface area contributed by atoms with E-state index in [0.717, 1.165) is 5.06 Å². The molecule has 2 atom stereocenters. The molecule has 0 bridgehead atoms. The van der Waals surface area contributed by atoms with E-state index in [1.54, 1.807) is 0 Å². The Morgan fingerprint density at radius 3 is 1.97 bits per heavy atom. The van der Waals surface area contributed by atoms with Crippen LogP contribution in [-0.2, 0) is 23.2 Å². The van der Waals surface area contributed by atoms with Crippen molar-refractivity contribution in [2.75, 3.05) is 26.8 Å². The molecule has 0 radical (unpaired) electrons. The van der Waals surface area contributed by atoms with Crippen molar-refractivity contribution in [2.45, 2.75) is 103 Å². The zero-order valence-corrected chi connectivity index (χ0v) is 24.1. The average Bonchev–Trinajstić information content (AvgIpc) is 2.96. The number of carbonyl (C=O) groups excluding carboxylic acids is 2. The summed E-state index contributed by atoms with van der Waals surface area (Å²) in [7, 11) is -2.45. The summed E-state index contributed by atoms with van der Waals surface area (Å²) in [5.41, 5.74) is 0. The number of hydrogen-bond acceptors (Lipinski definition) is 8. The largest absolute Gasteiger partial charge is 0.464 e. The van der Waals surface area contributed by atoms with Crippen molar-refractivity contribution in [2.24, 2.45) is 0 Å². The van der Waals surface area contributed by atoms with E-state index in [1.807, 2.05) is 0 Å². The smallest absolute Gasteiger partial charge is 0.334 e. The van der Waals surface area contributed by atoms with Gasteiger partial charge in [0.05, 0.1) is 13.2 Å². The predicted molar refractivity (Wildman–Crippen MR) is 131 cm³/mol. The fraction of sp³-hybridized carbons (Fsp3) is 0.909. The van der Waals surface area contributed by atoms with Crippen molar-refractivity contribution in [3.05, 3.63) is 0 Å². The summed E-state index contributed by atoms with van der Waals surface area (Å²) in [6.45, 7) is 21.5. The minimum Gasteiger partial charge on any atom is -0.464 e. The van der Waals surface area contributed by atoms with Crippen LogP contribution in [0, 0.1) is 0 Å². The second-order valence-corrected chi connectivity index (χ2v) is 21.0. The Bertz CT molecular complexity index is 610. The number of rotatable bonds is 9. The van der Waals surface area contributed by atoms with Gasteiger partial charge in [-0.15, -0.1) is 0 Å². The molecule has 1 saturated heterocycles. The molecule has 8 nitrogen and oxygen atoms in total. The van der Waals surface area contributed by atoms with Crippen LogP contribution < -0.4 is 0 Å². The minimum absolute atomic E-state index is 0.00605. The molecule has 0 spiro atoms. The number of Topliss-reactive ketones (excluding diaryl/α,β-unsaturated/α-hetero) is 1. The second-order valence-electron chi connectivity index (χ2n) is 11.5. The molecule has 0 unspecified atom stereocenters. The number of ether oxygens (including phenoxy) is 1. The molecule has 1 rings (SSSR count). The fourth-order valence-electron chi connectivity index (χ4n) is 2.38. The van der Waals surface area contributed by atoms with Crippen molar-refractivity contribution in [1.82, 2.24) is 5.06 Å². The van der Waals surface area contributed by atoms with E-state index in [2.05, 4.69) is 67.7 Å². The number of nitrogens with zero attached hydrogens (tertiary/aromatic N) is 1. The molecule has 0 aliphatic carbocycles. The monoisotopic (exact) mass is 493 g/mol. The van der Waals surface area contributed by atoms with Crippen molar-refractivity contribution in [3.63, 3.8) is 0 Å². The Morgan fingerprint density at radius 1 is 1.12 bits per heavy atom. The maximum atomic E-state index is 11.9. The van der Waals surface area contributed by atoms with Crippen molar-refractivity contribution in [3.8, 4) is 0 Å². The van der Waals surface area contributed by atoms with Crippen LogP contribution in [0.1, 0.15) is 54.4 Å². The number of likely N-dealkylation sites (N-methyl/N-ethyl adjacent to an activating group) is 1. The van der Waals surface area contributed by atoms with Crippen LogP contribution in [0.5, 0.6) is 0 Å². The van der Waals surface area contributed by atoms with Gasteiger partial charge in [0.15, 0.2) is 22.4 Å². The first kappa shape index (κ1) is 31.4. The van der Waals surface area contributed by atoms with Crippen LogP contribution in [0.2, 0.25) is 36.3 Å². The summed E-state index contributed by atoms with van der Waals surface area (Å²) in [6, 6.07) is 0. The number of cyclic esters (lactones) is 1. The van der Waals surface area contributed by atoms with Gasteiger partial charge in [0, 0.05) is 26.5 Å². The van der Waals surface area contributed by atoms with Gasteiger partial charge in [0.1, 0.15) is 12.2 Å². The minimum atomic E-state index is -2.05. The van der Waals surface area contributed by atoms with Gasteiger partial charge in [0.25, 0.3) is 0 Å². The molecule has 32 heavy (non-hydrogen) atoms. The first-order chi connectivity index (χ1) is 14.2. The molecule has 0 aromatic carbocycles. The molecule has 1 heterocycles. The Kier molecular flexibility index (Phi) is 11.9. The fourth-order valence-corrected chi connectivity index (χ4v) is 4.97. The third kappa shape index (κ3) is 10.1. The zero-order valence-electron chi connectivity index (χ0n) is 22.1. The molecule has 0 aromatic rings. The van der Waals surface area contributed by atoms with E-state index < -0.39 is 22.7 Å². The standard InChI is InChI=1S/C12H27NO4Si.C10H20O3Si/c1-12(2,3)18(5,6)17-11(7-8-14)10(15)9-13(4)16;1-10(2,3)14(4,5)13-8-6-7-12-9(8)11/h11,14,16H,7-9H2,1-6H3;8H,6-7H2,1-5H3/t11-;8-/m00/s1. The molecule has 2 N–H and O–H groups in total. The Labute approximate surface area is 196 Å². The predicted octanol–water partition coefficient (Wildman–Crippen LogP) is 3.97. The van der Waals surface area contributed by atoms with Crippen LogP contribution in [0.4, 0.5) is 0 Å². The lowest BCUT2D eigenvalue weighted by atomic mass is 10.2. The second kappa shape index (κ2) is 12.2. The highest BCUT2D eigenvalue weighted by Gasteiger charge is 2.42. The molecule has 1 aliphatic rings. The third-order valence-electron chi connectivity index (χ3n) is 6.51. The molecular formula is C22H47NO7Si2. The lowest BCUT2D eigenvalue weighted by Crippen LogP contribution is -2.47. The zero-order chi connectivity index (χ0) is 25.5. The summed E-state index contributed by atoms with van der Waals surface area (Å²) >= 11 is 0. The number of hydrogen-bond donors (Lipinski definition) is 2. The quantitative estimate of drug-likeness (QED) is 0.282. The number of ketones is 1. The topological polar surface area (TPSA) is 106 Å². The third-order valence-corrected chi connectivity index (χ3v) is 15.5. The van der Waals surface area contributed by atoms with E-state index in [0.29, 0.717) is 13.0 Å². The molecule has 1 fully saturated rings. The first-order valence-corrected chi connectivity index (χ1v) is 17.1. The van der Waals surface area contributed by atoms with Crippen LogP contribution in [-0.4, -0.2) is 82.8 Å². The summed E-state index contributed by atoms with van der Waals surface area (Å²) in [4.78, 5) is 23.2. The lowest BCUT2D eigenvalue weighted by Gasteiger charge is -2.38. The van der Waals surface area contributed by atoms with E-state index in [4.69, 9.17) is 23.9 Å². The number of aliphatic hydroxyl groups is 1. The first-order valence-electron chi connectivity index (χ1n) is 11.3. The van der Waals surface area contributed by atoms with Gasteiger partial charge in [-0.05, 0) is 36.3 Å². The number of hydroxylamine groups is 2. The van der Waals surface area contributed by atoms with Crippen molar-refractivity contribution in [1.29, 1.82) is 0 Å². The summed E-state index contributed by atoms with van der Waals surface area (Å²) in [6.07, 6.45) is 0.0474. The van der Waals surface area contributed by atoms with Crippen molar-refractivity contribution >= 4 is 28.4 Å². The number of esters is 1. The van der Waals surface area contributed by atoms with Gasteiger partial charge < -0.3 is 23.9 Å². The maximum Gasteiger partial charge on any atom is 0.334 e. The van der Waals surface area contributed by atoms with E-state index in [-0.39, 0.29) is 47.5 Å². The van der Waals surface area contributed by atoms with Crippen LogP contribution in [0.3, 0.4) is 0 Å². The van der Waals surface area contributed by atoms with Gasteiger partial charge in [0.2, 0.25) is 0 Å². The van der Waals surface area contributed by atoms with E-state index in [9.17, 15) is 9.59 Å². The normalized spacial score (nSPS) is 18.8. The molecule has 0 aromatic heterocycles. The lowest BCUT2D eigenvalue weighted by molar-refractivity contribution is -0.144. The molecule has 0 saturated carbocycles. The van der Waals surface area contributed by atoms with Gasteiger partial charge in [-0.25, -0.2) is 4.79 Å². The molecular weight excluding hydrogens is 446 g/mol. The highest BCUT2D eigenvalue weighted by Crippen LogP contribution is 2.38. The van der Waals surface area contributed by atoms with Gasteiger partial charge in [-0.2, -0.15) is 5.06 Å². The van der Waals surface area contributed by atoms with Crippen LogP contribution in [0.15, 0.2) is 0 Å². The van der Waals surface area contributed by atoms with Crippen LogP contribution >= 0.6 is 0 Å². The SMILES string of the molecule is CC(C)(C)[Si](C)(C)O[C@H]1CCOC1=O.CN(O)CC(=O)[C@H](CCO)O[Si](C)(C)C(C)(C)C. The summed E-state index contributed by atoms with van der Waals surface area (Å²) < 4.78 is 16.8. The van der Waals surface area contributed by atoms with Crippen molar-refractivity contribution < 1.29 is 33.5 Å². The molecule has 190 valence electrons. The average molecular weight is 494 g/mol. The number of carbonyl (C=O) groups is 2. The molecule has 0 amide bonds. The summed E-state index contributed by atoms with van der Waals surface area (Å²) in [5, 5.41) is 19.1. The Balaban J connectivity index is 0.000000618. The Morgan fingerprint density at radius 2 is 1.62 bits per heavy atom. The van der Waals surface area contributed by atoms with E-state index in [1.165, 1.54) is 7.05 Å². The molecule has 10 heteroatoms. The molecule has 1 aliphatic heterocycles. The van der Waals surface area contributed by atoms with Gasteiger partial charge in [-0.3, -0.25) is 4.79 Å². The van der Waals surface area contributed by atoms with Gasteiger partial charge in [-0.1, -0.05) is 41.5 Å². The maximum absolute atomic E-state index is 11.9. The summed E-state index contributed by atoms with van der Waals surface area (Å²) in [5.74, 6) is -0.381.